The number of nitrogens with zero attached hydrogens (tertiary/aromatic N) is 1. The third kappa shape index (κ3) is 2.64. The zero-order chi connectivity index (χ0) is 15.0. The molecule has 7 heteroatoms. The minimum Gasteiger partial charge on any atom is -0.297 e. The Morgan fingerprint density at radius 1 is 1.15 bits per heavy atom. The van der Waals surface area contributed by atoms with Gasteiger partial charge in [0.1, 0.15) is 5.15 Å². The van der Waals surface area contributed by atoms with E-state index >= 15 is 0 Å². The number of hydrogen-bond donors (Lipinski definition) is 1. The standard InChI is InChI=1S/C13H11Cl3N2O2/c1-6(2)10-11(16)17-13(20)18(12(10)19)9-5-7(14)3-4-8(9)15/h3-6H,1-2H3,(H,17,20). The zero-order valence-corrected chi connectivity index (χ0v) is 13.0. The zero-order valence-electron chi connectivity index (χ0n) is 10.7. The molecule has 0 aliphatic rings. The molecule has 0 spiro atoms. The van der Waals surface area contributed by atoms with Gasteiger partial charge in [-0.25, -0.2) is 9.36 Å². The van der Waals surface area contributed by atoms with Crippen LogP contribution in [0.2, 0.25) is 15.2 Å². The molecule has 0 atom stereocenters. The predicted molar refractivity (Wildman–Crippen MR) is 81.8 cm³/mol. The highest BCUT2D eigenvalue weighted by Crippen LogP contribution is 2.23. The van der Waals surface area contributed by atoms with Crippen molar-refractivity contribution in [2.75, 3.05) is 0 Å². The van der Waals surface area contributed by atoms with E-state index in [1.54, 1.807) is 6.07 Å². The van der Waals surface area contributed by atoms with E-state index in [4.69, 9.17) is 34.8 Å². The van der Waals surface area contributed by atoms with Gasteiger partial charge in [-0.1, -0.05) is 48.7 Å². The van der Waals surface area contributed by atoms with Crippen molar-refractivity contribution in [2.24, 2.45) is 0 Å². The fourth-order valence-corrected chi connectivity index (χ4v) is 2.65. The third-order valence-electron chi connectivity index (χ3n) is 2.82. The van der Waals surface area contributed by atoms with Crippen LogP contribution in [-0.4, -0.2) is 9.55 Å². The second-order valence-corrected chi connectivity index (χ2v) is 5.77. The molecule has 2 aromatic rings. The summed E-state index contributed by atoms with van der Waals surface area (Å²) in [6.45, 7) is 3.62. The van der Waals surface area contributed by atoms with E-state index in [0.29, 0.717) is 10.6 Å². The SMILES string of the molecule is CC(C)c1c(Cl)[nH]c(=O)n(-c2cc(Cl)ccc2Cl)c1=O. The van der Waals surface area contributed by atoms with Gasteiger partial charge in [0.25, 0.3) is 5.56 Å². The summed E-state index contributed by atoms with van der Waals surface area (Å²) in [5, 5.41) is 0.667. The van der Waals surface area contributed by atoms with Crippen molar-refractivity contribution >= 4 is 34.8 Å². The second kappa shape index (κ2) is 5.64. The molecule has 20 heavy (non-hydrogen) atoms. The minimum atomic E-state index is -0.659. The maximum atomic E-state index is 12.5. The molecule has 0 radical (unpaired) electrons. The molecule has 0 saturated carbocycles. The summed E-state index contributed by atoms with van der Waals surface area (Å²) in [6.07, 6.45) is 0. The first-order chi connectivity index (χ1) is 9.32. The van der Waals surface area contributed by atoms with Crippen molar-refractivity contribution in [1.29, 1.82) is 0 Å². The predicted octanol–water partition coefficient (Wildman–Crippen LogP) is 3.61. The van der Waals surface area contributed by atoms with Crippen molar-refractivity contribution < 1.29 is 0 Å². The lowest BCUT2D eigenvalue weighted by atomic mass is 10.1. The lowest BCUT2D eigenvalue weighted by molar-refractivity contribution is 0.777. The van der Waals surface area contributed by atoms with Gasteiger partial charge >= 0.3 is 5.69 Å². The minimum absolute atomic E-state index is 0.0457. The first-order valence-electron chi connectivity index (χ1n) is 5.83. The highest BCUT2D eigenvalue weighted by molar-refractivity contribution is 6.34. The Balaban J connectivity index is 2.88. The third-order valence-corrected chi connectivity index (χ3v) is 3.67. The number of H-pyrrole nitrogens is 1. The van der Waals surface area contributed by atoms with E-state index in [9.17, 15) is 9.59 Å². The lowest BCUT2D eigenvalue weighted by Crippen LogP contribution is -2.36. The first kappa shape index (κ1) is 15.2. The quantitative estimate of drug-likeness (QED) is 0.854. The molecular formula is C13H11Cl3N2O2. The Kier molecular flexibility index (Phi) is 4.28. The molecule has 0 saturated heterocycles. The van der Waals surface area contributed by atoms with Gasteiger partial charge in [0.2, 0.25) is 0 Å². The van der Waals surface area contributed by atoms with Crippen molar-refractivity contribution in [3.05, 3.63) is 59.8 Å². The van der Waals surface area contributed by atoms with Crippen molar-refractivity contribution in [2.45, 2.75) is 19.8 Å². The summed E-state index contributed by atoms with van der Waals surface area (Å²) in [4.78, 5) is 26.9. The number of rotatable bonds is 2. The lowest BCUT2D eigenvalue weighted by Gasteiger charge is -2.12. The molecular weight excluding hydrogens is 323 g/mol. The molecule has 1 heterocycles. The van der Waals surface area contributed by atoms with Gasteiger partial charge in [-0.3, -0.25) is 9.78 Å². The fourth-order valence-electron chi connectivity index (χ4n) is 1.90. The molecule has 0 fully saturated rings. The molecule has 0 unspecified atom stereocenters. The highest BCUT2D eigenvalue weighted by Gasteiger charge is 2.18. The summed E-state index contributed by atoms with van der Waals surface area (Å²) in [6, 6.07) is 4.55. The summed E-state index contributed by atoms with van der Waals surface area (Å²) >= 11 is 17.9. The molecule has 0 bridgehead atoms. The summed E-state index contributed by atoms with van der Waals surface area (Å²) in [7, 11) is 0. The summed E-state index contributed by atoms with van der Waals surface area (Å²) in [5.74, 6) is -0.143. The average Bonchev–Trinajstić information content (AvgIpc) is 2.32. The van der Waals surface area contributed by atoms with Gasteiger partial charge in [0, 0.05) is 5.02 Å². The van der Waals surface area contributed by atoms with Gasteiger partial charge in [0.15, 0.2) is 0 Å². The molecule has 0 aliphatic carbocycles. The van der Waals surface area contributed by atoms with Gasteiger partial charge in [-0.2, -0.15) is 0 Å². The molecule has 4 nitrogen and oxygen atoms in total. The molecule has 106 valence electrons. The van der Waals surface area contributed by atoms with E-state index in [1.165, 1.54) is 12.1 Å². The number of halogens is 3. The first-order valence-corrected chi connectivity index (χ1v) is 6.96. The van der Waals surface area contributed by atoms with Crippen LogP contribution in [0.15, 0.2) is 27.8 Å². The maximum absolute atomic E-state index is 12.5. The summed E-state index contributed by atoms with van der Waals surface area (Å²) in [5.41, 5.74) is -0.613. The van der Waals surface area contributed by atoms with Crippen LogP contribution in [0.3, 0.4) is 0 Å². The maximum Gasteiger partial charge on any atom is 0.334 e. The fraction of sp³-hybridized carbons (Fsp3) is 0.231. The topological polar surface area (TPSA) is 54.9 Å². The van der Waals surface area contributed by atoms with Crippen molar-refractivity contribution in [1.82, 2.24) is 9.55 Å². The number of aromatic amines is 1. The van der Waals surface area contributed by atoms with Gasteiger partial charge in [-0.15, -0.1) is 0 Å². The Morgan fingerprint density at radius 3 is 2.40 bits per heavy atom. The normalized spacial score (nSPS) is 11.1. The van der Waals surface area contributed by atoms with Gasteiger partial charge < -0.3 is 0 Å². The van der Waals surface area contributed by atoms with Gasteiger partial charge in [0.05, 0.1) is 16.3 Å². The van der Waals surface area contributed by atoms with Crippen molar-refractivity contribution in [3.63, 3.8) is 0 Å². The Morgan fingerprint density at radius 2 is 1.80 bits per heavy atom. The number of hydrogen-bond acceptors (Lipinski definition) is 2. The molecule has 0 amide bonds. The van der Waals surface area contributed by atoms with E-state index in [0.717, 1.165) is 4.57 Å². The van der Waals surface area contributed by atoms with Crippen LogP contribution in [0.5, 0.6) is 0 Å². The van der Waals surface area contributed by atoms with E-state index in [1.807, 2.05) is 13.8 Å². The van der Waals surface area contributed by atoms with E-state index < -0.39 is 11.2 Å². The highest BCUT2D eigenvalue weighted by atomic mass is 35.5. The van der Waals surface area contributed by atoms with E-state index in [-0.39, 0.29) is 21.8 Å². The van der Waals surface area contributed by atoms with Gasteiger partial charge in [-0.05, 0) is 24.1 Å². The van der Waals surface area contributed by atoms with Crippen LogP contribution < -0.4 is 11.2 Å². The number of aromatic nitrogens is 2. The van der Waals surface area contributed by atoms with Crippen LogP contribution in [0.25, 0.3) is 5.69 Å². The number of benzene rings is 1. The largest absolute Gasteiger partial charge is 0.334 e. The Bertz CT molecular complexity index is 778. The monoisotopic (exact) mass is 332 g/mol. The van der Waals surface area contributed by atoms with Crippen LogP contribution >= 0.6 is 34.8 Å². The smallest absolute Gasteiger partial charge is 0.297 e. The van der Waals surface area contributed by atoms with Crippen LogP contribution in [0.4, 0.5) is 0 Å². The average molecular weight is 334 g/mol. The van der Waals surface area contributed by atoms with Crippen LogP contribution in [-0.2, 0) is 0 Å². The van der Waals surface area contributed by atoms with Crippen molar-refractivity contribution in [3.8, 4) is 5.69 Å². The van der Waals surface area contributed by atoms with E-state index in [2.05, 4.69) is 4.98 Å². The molecule has 1 N–H and O–H groups in total. The second-order valence-electron chi connectivity index (χ2n) is 4.55. The number of nitrogens with one attached hydrogen (secondary N) is 1. The van der Waals surface area contributed by atoms with Crippen LogP contribution in [0, 0.1) is 0 Å². The molecule has 2 rings (SSSR count). The Hall–Kier alpha value is -1.23. The Labute approximate surface area is 129 Å². The molecule has 1 aromatic carbocycles. The van der Waals surface area contributed by atoms with Crippen LogP contribution in [0.1, 0.15) is 25.3 Å². The molecule has 1 aromatic heterocycles. The molecule has 0 aliphatic heterocycles. The summed E-state index contributed by atoms with van der Waals surface area (Å²) < 4.78 is 0.940.